The van der Waals surface area contributed by atoms with E-state index in [4.69, 9.17) is 0 Å². The van der Waals surface area contributed by atoms with Gasteiger partial charge in [0.25, 0.3) is 5.91 Å². The summed E-state index contributed by atoms with van der Waals surface area (Å²) in [7, 11) is 0. The first-order valence-corrected chi connectivity index (χ1v) is 7.95. The predicted octanol–water partition coefficient (Wildman–Crippen LogP) is 2.98. The minimum absolute atomic E-state index is 0.0681. The number of fused-ring (bicyclic) bond motifs is 1. The van der Waals surface area contributed by atoms with Crippen molar-refractivity contribution < 1.29 is 4.79 Å². The fourth-order valence-corrected chi connectivity index (χ4v) is 3.36. The van der Waals surface area contributed by atoms with Crippen molar-refractivity contribution in [3.8, 4) is 0 Å². The number of hydrogen-bond acceptors (Lipinski definition) is 3. The standard InChI is InChI=1S/C18H18N4O/c23-18(15-7-1-4-13-5-2-9-19-17(13)15)22-11-3-6-14(12-22)16-8-10-20-21-16/h1-2,4-5,7-10,14H,3,6,11-12H2,(H,20,21)/t14-/m1/s1. The van der Waals surface area contributed by atoms with Crippen molar-refractivity contribution in [3.05, 3.63) is 60.0 Å². The number of aromatic nitrogens is 3. The Hall–Kier alpha value is -2.69. The Labute approximate surface area is 134 Å². The summed E-state index contributed by atoms with van der Waals surface area (Å²) >= 11 is 0. The summed E-state index contributed by atoms with van der Waals surface area (Å²) in [6.07, 6.45) is 5.60. The van der Waals surface area contributed by atoms with Gasteiger partial charge in [-0.05, 0) is 31.0 Å². The fourth-order valence-electron chi connectivity index (χ4n) is 3.36. The third kappa shape index (κ3) is 2.59. The van der Waals surface area contributed by atoms with Gasteiger partial charge in [0.05, 0.1) is 11.1 Å². The van der Waals surface area contributed by atoms with Crippen molar-refractivity contribution >= 4 is 16.8 Å². The monoisotopic (exact) mass is 306 g/mol. The van der Waals surface area contributed by atoms with Gasteiger partial charge in [0.1, 0.15) is 0 Å². The highest BCUT2D eigenvalue weighted by atomic mass is 16.2. The topological polar surface area (TPSA) is 61.9 Å². The van der Waals surface area contributed by atoms with Gasteiger partial charge >= 0.3 is 0 Å². The Bertz CT molecular complexity index is 823. The number of rotatable bonds is 2. The summed E-state index contributed by atoms with van der Waals surface area (Å²) in [5.41, 5.74) is 2.58. The molecular weight excluding hydrogens is 288 g/mol. The lowest BCUT2D eigenvalue weighted by Gasteiger charge is -2.32. The molecule has 0 saturated carbocycles. The Morgan fingerprint density at radius 1 is 1.17 bits per heavy atom. The molecule has 116 valence electrons. The molecule has 5 nitrogen and oxygen atoms in total. The predicted molar refractivity (Wildman–Crippen MR) is 88.2 cm³/mol. The van der Waals surface area contributed by atoms with E-state index in [2.05, 4.69) is 15.2 Å². The Kier molecular flexibility index (Phi) is 3.54. The Balaban J connectivity index is 1.63. The molecule has 4 rings (SSSR count). The van der Waals surface area contributed by atoms with E-state index in [0.29, 0.717) is 11.5 Å². The van der Waals surface area contributed by atoms with Crippen LogP contribution in [-0.2, 0) is 0 Å². The van der Waals surface area contributed by atoms with Crippen molar-refractivity contribution in [2.45, 2.75) is 18.8 Å². The smallest absolute Gasteiger partial charge is 0.256 e. The molecule has 3 heterocycles. The van der Waals surface area contributed by atoms with E-state index >= 15 is 0 Å². The lowest BCUT2D eigenvalue weighted by atomic mass is 9.94. The minimum Gasteiger partial charge on any atom is -0.338 e. The average molecular weight is 306 g/mol. The first kappa shape index (κ1) is 13.9. The molecule has 23 heavy (non-hydrogen) atoms. The van der Waals surface area contributed by atoms with Crippen LogP contribution in [0.3, 0.4) is 0 Å². The van der Waals surface area contributed by atoms with Crippen LogP contribution in [0.4, 0.5) is 0 Å². The molecule has 0 aliphatic carbocycles. The zero-order valence-electron chi connectivity index (χ0n) is 12.8. The van der Waals surface area contributed by atoms with Gasteiger partial charge < -0.3 is 4.90 Å². The number of carbonyl (C=O) groups is 1. The van der Waals surface area contributed by atoms with Gasteiger partial charge in [-0.25, -0.2) is 0 Å². The minimum atomic E-state index is 0.0681. The van der Waals surface area contributed by atoms with E-state index in [1.54, 1.807) is 12.4 Å². The molecular formula is C18H18N4O. The largest absolute Gasteiger partial charge is 0.338 e. The average Bonchev–Trinajstić information content (AvgIpc) is 3.15. The van der Waals surface area contributed by atoms with E-state index in [0.717, 1.165) is 42.5 Å². The molecule has 1 aromatic carbocycles. The molecule has 1 fully saturated rings. The Morgan fingerprint density at radius 2 is 2.09 bits per heavy atom. The summed E-state index contributed by atoms with van der Waals surface area (Å²) < 4.78 is 0. The number of pyridine rings is 1. The normalized spacial score (nSPS) is 18.3. The van der Waals surface area contributed by atoms with Crippen molar-refractivity contribution in [2.75, 3.05) is 13.1 Å². The van der Waals surface area contributed by atoms with E-state index in [1.807, 2.05) is 41.3 Å². The van der Waals surface area contributed by atoms with Crippen LogP contribution in [0.5, 0.6) is 0 Å². The van der Waals surface area contributed by atoms with Crippen LogP contribution in [-0.4, -0.2) is 39.1 Å². The van der Waals surface area contributed by atoms with Gasteiger partial charge in [0.15, 0.2) is 0 Å². The van der Waals surface area contributed by atoms with E-state index in [9.17, 15) is 4.79 Å². The second-order valence-corrected chi connectivity index (χ2v) is 5.98. The molecule has 0 unspecified atom stereocenters. The number of nitrogens with one attached hydrogen (secondary N) is 1. The number of carbonyl (C=O) groups excluding carboxylic acids is 1. The number of para-hydroxylation sites is 1. The molecule has 1 atom stereocenters. The molecule has 5 heteroatoms. The zero-order valence-corrected chi connectivity index (χ0v) is 12.8. The number of nitrogens with zero attached hydrogens (tertiary/aromatic N) is 3. The fraction of sp³-hybridized carbons (Fsp3) is 0.278. The van der Waals surface area contributed by atoms with Crippen LogP contribution in [0.2, 0.25) is 0 Å². The number of H-pyrrole nitrogens is 1. The highest BCUT2D eigenvalue weighted by Crippen LogP contribution is 2.27. The van der Waals surface area contributed by atoms with Crippen molar-refractivity contribution in [3.63, 3.8) is 0 Å². The number of hydrogen-bond donors (Lipinski definition) is 1. The molecule has 1 aliphatic rings. The molecule has 1 saturated heterocycles. The van der Waals surface area contributed by atoms with Crippen LogP contribution in [0.25, 0.3) is 10.9 Å². The number of benzene rings is 1. The highest BCUT2D eigenvalue weighted by molar-refractivity contribution is 6.05. The molecule has 1 aliphatic heterocycles. The lowest BCUT2D eigenvalue weighted by Crippen LogP contribution is -2.39. The van der Waals surface area contributed by atoms with Crippen LogP contribution in [0.1, 0.15) is 34.8 Å². The van der Waals surface area contributed by atoms with Gasteiger partial charge in [0, 0.05) is 42.5 Å². The maximum absolute atomic E-state index is 13.0. The quantitative estimate of drug-likeness (QED) is 0.791. The van der Waals surface area contributed by atoms with E-state index in [1.165, 1.54) is 0 Å². The van der Waals surface area contributed by atoms with Gasteiger partial charge in [-0.1, -0.05) is 18.2 Å². The Morgan fingerprint density at radius 3 is 2.96 bits per heavy atom. The molecule has 1 amide bonds. The molecule has 3 aromatic rings. The molecule has 0 spiro atoms. The van der Waals surface area contributed by atoms with Gasteiger partial charge in [-0.2, -0.15) is 5.10 Å². The maximum atomic E-state index is 13.0. The molecule has 2 aromatic heterocycles. The second-order valence-electron chi connectivity index (χ2n) is 5.98. The molecule has 1 N–H and O–H groups in total. The van der Waals surface area contributed by atoms with Gasteiger partial charge in [-0.3, -0.25) is 14.9 Å². The summed E-state index contributed by atoms with van der Waals surface area (Å²) in [6, 6.07) is 11.7. The molecule has 0 bridgehead atoms. The maximum Gasteiger partial charge on any atom is 0.256 e. The van der Waals surface area contributed by atoms with Crippen LogP contribution in [0, 0.1) is 0 Å². The van der Waals surface area contributed by atoms with Gasteiger partial charge in [-0.15, -0.1) is 0 Å². The number of piperidine rings is 1. The van der Waals surface area contributed by atoms with E-state index < -0.39 is 0 Å². The highest BCUT2D eigenvalue weighted by Gasteiger charge is 2.27. The summed E-state index contributed by atoms with van der Waals surface area (Å²) in [5, 5.41) is 8.06. The third-order valence-corrected chi connectivity index (χ3v) is 4.53. The zero-order chi connectivity index (χ0) is 15.6. The summed E-state index contributed by atoms with van der Waals surface area (Å²) in [4.78, 5) is 19.3. The van der Waals surface area contributed by atoms with Crippen molar-refractivity contribution in [1.29, 1.82) is 0 Å². The van der Waals surface area contributed by atoms with Gasteiger partial charge in [0.2, 0.25) is 0 Å². The number of amides is 1. The van der Waals surface area contributed by atoms with E-state index in [-0.39, 0.29) is 5.91 Å². The molecule has 0 radical (unpaired) electrons. The summed E-state index contributed by atoms with van der Waals surface area (Å²) in [6.45, 7) is 1.52. The first-order valence-electron chi connectivity index (χ1n) is 7.95. The number of likely N-dealkylation sites (tertiary alicyclic amines) is 1. The SMILES string of the molecule is O=C(c1cccc2cccnc12)N1CCC[C@@H](c2ccn[nH]2)C1. The third-order valence-electron chi connectivity index (χ3n) is 4.53. The van der Waals surface area contributed by atoms with Crippen molar-refractivity contribution in [2.24, 2.45) is 0 Å². The van der Waals surface area contributed by atoms with Crippen LogP contribution < -0.4 is 0 Å². The van der Waals surface area contributed by atoms with Crippen LogP contribution >= 0.6 is 0 Å². The number of aromatic amines is 1. The summed E-state index contributed by atoms with van der Waals surface area (Å²) in [5.74, 6) is 0.400. The second kappa shape index (κ2) is 5.83. The van der Waals surface area contributed by atoms with Crippen LogP contribution in [0.15, 0.2) is 48.8 Å². The first-order chi connectivity index (χ1) is 11.3. The van der Waals surface area contributed by atoms with Crippen molar-refractivity contribution in [1.82, 2.24) is 20.1 Å². The lowest BCUT2D eigenvalue weighted by molar-refractivity contribution is 0.0707.